The molecule has 0 radical (unpaired) electrons. The number of hydrogen-bond acceptors (Lipinski definition) is 5. The fourth-order valence-electron chi connectivity index (χ4n) is 4.31. The molecule has 0 bridgehead atoms. The van der Waals surface area contributed by atoms with Crippen LogP contribution in [0.1, 0.15) is 24.8 Å². The van der Waals surface area contributed by atoms with Crippen molar-refractivity contribution < 1.29 is 0 Å². The van der Waals surface area contributed by atoms with E-state index in [0.29, 0.717) is 5.82 Å². The summed E-state index contributed by atoms with van der Waals surface area (Å²) in [5, 5.41) is 0.852. The lowest BCUT2D eigenvalue weighted by Gasteiger charge is -2.35. The number of hydrogen-bond donors (Lipinski definition) is 2. The van der Waals surface area contributed by atoms with Crippen molar-refractivity contribution in [2.24, 2.45) is 0 Å². The lowest BCUT2D eigenvalue weighted by atomic mass is 9.98. The van der Waals surface area contributed by atoms with Gasteiger partial charge in [0.25, 0.3) is 0 Å². The molecule has 4 N–H and O–H groups in total. The number of anilines is 2. The van der Waals surface area contributed by atoms with Gasteiger partial charge in [-0.25, -0.2) is 4.98 Å². The fraction of sp³-hybridized carbons (Fsp3) is 0.217. The largest absolute Gasteiger partial charge is 0.383 e. The average Bonchev–Trinajstić information content (AvgIpc) is 2.86. The van der Waals surface area contributed by atoms with Crippen molar-refractivity contribution in [2.45, 2.75) is 31.8 Å². The molecule has 2 aliphatic carbocycles. The smallest absolute Gasteiger partial charge is 0.222 e. The zero-order chi connectivity index (χ0) is 19.1. The number of fused-ring (bicyclic) bond motifs is 2. The third-order valence-electron chi connectivity index (χ3n) is 5.67. The van der Waals surface area contributed by atoms with E-state index in [9.17, 15) is 0 Å². The maximum absolute atomic E-state index is 6.10. The van der Waals surface area contributed by atoms with E-state index in [-0.39, 0.29) is 12.0 Å². The van der Waals surface area contributed by atoms with Gasteiger partial charge in [-0.05, 0) is 54.2 Å². The molecule has 1 aromatic carbocycles. The van der Waals surface area contributed by atoms with Gasteiger partial charge in [0.05, 0.1) is 11.6 Å². The van der Waals surface area contributed by atoms with Crippen molar-refractivity contribution in [3.05, 3.63) is 83.1 Å². The highest BCUT2D eigenvalue weighted by molar-refractivity contribution is 5.89. The molecule has 140 valence electrons. The Balaban J connectivity index is 1.57. The SMILES string of the molecule is Nc1nc(N)c2cc(CN3C4=C(CC=C5C=CC=CC53)CCC=C4)ccc2n1. The van der Waals surface area contributed by atoms with Crippen LogP contribution in [0.2, 0.25) is 0 Å². The molecule has 1 aliphatic heterocycles. The zero-order valence-electron chi connectivity index (χ0n) is 15.7. The lowest BCUT2D eigenvalue weighted by molar-refractivity contribution is 0.320. The van der Waals surface area contributed by atoms with Crippen LogP contribution in [0.15, 0.2) is 77.6 Å². The number of nitrogens with zero attached hydrogens (tertiary/aromatic N) is 3. The van der Waals surface area contributed by atoms with Crippen molar-refractivity contribution in [1.82, 2.24) is 14.9 Å². The fourth-order valence-corrected chi connectivity index (χ4v) is 4.31. The van der Waals surface area contributed by atoms with Crippen molar-refractivity contribution in [3.8, 4) is 0 Å². The summed E-state index contributed by atoms with van der Waals surface area (Å²) in [6.45, 7) is 0.795. The number of nitrogens with two attached hydrogens (primary N) is 2. The maximum Gasteiger partial charge on any atom is 0.222 e. The van der Waals surface area contributed by atoms with Crippen LogP contribution >= 0.6 is 0 Å². The average molecular weight is 369 g/mol. The number of nitrogen functional groups attached to an aromatic ring is 2. The summed E-state index contributed by atoms with van der Waals surface area (Å²) < 4.78 is 0. The minimum absolute atomic E-state index is 0.210. The molecule has 1 aromatic heterocycles. The highest BCUT2D eigenvalue weighted by Gasteiger charge is 2.27. The van der Waals surface area contributed by atoms with Gasteiger partial charge in [0.15, 0.2) is 0 Å². The Labute approximate surface area is 164 Å². The maximum atomic E-state index is 6.10. The Kier molecular flexibility index (Phi) is 4.01. The van der Waals surface area contributed by atoms with E-state index in [0.717, 1.165) is 36.7 Å². The first-order valence-corrected chi connectivity index (χ1v) is 9.71. The molecular formula is C23H23N5. The van der Waals surface area contributed by atoms with Crippen LogP contribution in [0.4, 0.5) is 11.8 Å². The summed E-state index contributed by atoms with van der Waals surface area (Å²) in [4.78, 5) is 10.9. The molecular weight excluding hydrogens is 346 g/mol. The second-order valence-electron chi connectivity index (χ2n) is 7.47. The van der Waals surface area contributed by atoms with Crippen LogP contribution in [0.25, 0.3) is 10.9 Å². The summed E-state index contributed by atoms with van der Waals surface area (Å²) >= 11 is 0. The highest BCUT2D eigenvalue weighted by atomic mass is 15.2. The summed E-state index contributed by atoms with van der Waals surface area (Å²) in [6.07, 6.45) is 19.0. The second kappa shape index (κ2) is 6.68. The van der Waals surface area contributed by atoms with Gasteiger partial charge < -0.3 is 16.4 Å². The molecule has 2 aromatic rings. The van der Waals surface area contributed by atoms with Crippen LogP contribution in [0.5, 0.6) is 0 Å². The summed E-state index contributed by atoms with van der Waals surface area (Å²) in [7, 11) is 0. The molecule has 0 fully saturated rings. The molecule has 5 heteroatoms. The number of aromatic nitrogens is 2. The van der Waals surface area contributed by atoms with Crippen LogP contribution < -0.4 is 11.5 Å². The summed E-state index contributed by atoms with van der Waals surface area (Å²) in [6, 6.07) is 6.43. The predicted octanol–water partition coefficient (Wildman–Crippen LogP) is 4.03. The van der Waals surface area contributed by atoms with Gasteiger partial charge >= 0.3 is 0 Å². The van der Waals surface area contributed by atoms with Crippen molar-refractivity contribution in [3.63, 3.8) is 0 Å². The first kappa shape index (κ1) is 16.8. The molecule has 0 spiro atoms. The molecule has 1 atom stereocenters. The third-order valence-corrected chi connectivity index (χ3v) is 5.67. The molecule has 5 rings (SSSR count). The molecule has 0 saturated carbocycles. The minimum atomic E-state index is 0.210. The Hall–Kier alpha value is -3.34. The first-order chi connectivity index (χ1) is 13.7. The topological polar surface area (TPSA) is 81.1 Å². The van der Waals surface area contributed by atoms with Gasteiger partial charge in [-0.3, -0.25) is 0 Å². The molecule has 28 heavy (non-hydrogen) atoms. The monoisotopic (exact) mass is 369 g/mol. The van der Waals surface area contributed by atoms with Crippen molar-refractivity contribution in [2.75, 3.05) is 11.5 Å². The number of rotatable bonds is 2. The standard InChI is InChI=1S/C23H23N5/c24-22-18-13-15(9-12-19(18)26-23(25)27-22)14-28-20-7-3-1-5-16(20)10-11-17-6-2-4-8-21(17)28/h1,3-5,7-10,12-13,20H,2,6,11,14H2,(H4,24,25,26,27). The Bertz CT molecular complexity index is 1100. The van der Waals surface area contributed by atoms with E-state index in [1.807, 2.05) is 6.07 Å². The van der Waals surface area contributed by atoms with Gasteiger partial charge in [0, 0.05) is 17.6 Å². The Morgan fingerprint density at radius 2 is 2.04 bits per heavy atom. The van der Waals surface area contributed by atoms with Crippen molar-refractivity contribution in [1.29, 1.82) is 0 Å². The normalized spacial score (nSPS) is 20.8. The highest BCUT2D eigenvalue weighted by Crippen LogP contribution is 2.35. The quantitative estimate of drug-likeness (QED) is 0.835. The first-order valence-electron chi connectivity index (χ1n) is 9.71. The number of benzene rings is 1. The summed E-state index contributed by atoms with van der Waals surface area (Å²) in [5.74, 6) is 0.639. The third kappa shape index (κ3) is 2.89. The second-order valence-corrected chi connectivity index (χ2v) is 7.47. The summed E-state index contributed by atoms with van der Waals surface area (Å²) in [5.41, 5.74) is 18.0. The van der Waals surface area contributed by atoms with Gasteiger partial charge in [-0.2, -0.15) is 4.98 Å². The van der Waals surface area contributed by atoms with Crippen LogP contribution in [0.3, 0.4) is 0 Å². The molecule has 3 aliphatic rings. The molecule has 2 heterocycles. The van der Waals surface area contributed by atoms with E-state index in [1.54, 1.807) is 0 Å². The zero-order valence-corrected chi connectivity index (χ0v) is 15.7. The van der Waals surface area contributed by atoms with Gasteiger partial charge in [-0.15, -0.1) is 0 Å². The van der Waals surface area contributed by atoms with E-state index < -0.39 is 0 Å². The van der Waals surface area contributed by atoms with E-state index in [4.69, 9.17) is 11.5 Å². The van der Waals surface area contributed by atoms with Crippen LogP contribution in [-0.2, 0) is 6.54 Å². The molecule has 5 nitrogen and oxygen atoms in total. The predicted molar refractivity (Wildman–Crippen MR) is 114 cm³/mol. The van der Waals surface area contributed by atoms with Crippen LogP contribution in [-0.4, -0.2) is 20.9 Å². The van der Waals surface area contributed by atoms with Gasteiger partial charge in [0.1, 0.15) is 5.82 Å². The van der Waals surface area contributed by atoms with Crippen LogP contribution in [0, 0.1) is 0 Å². The molecule has 0 amide bonds. The van der Waals surface area contributed by atoms with Gasteiger partial charge in [-0.1, -0.05) is 42.5 Å². The molecule has 1 unspecified atom stereocenters. The van der Waals surface area contributed by atoms with E-state index in [2.05, 4.69) is 69.5 Å². The lowest BCUT2D eigenvalue weighted by Crippen LogP contribution is -2.34. The Morgan fingerprint density at radius 1 is 1.11 bits per heavy atom. The van der Waals surface area contributed by atoms with E-state index >= 15 is 0 Å². The van der Waals surface area contributed by atoms with E-state index in [1.165, 1.54) is 22.4 Å². The number of allylic oxidation sites excluding steroid dienone is 6. The minimum Gasteiger partial charge on any atom is -0.383 e. The molecule has 0 saturated heterocycles. The van der Waals surface area contributed by atoms with Gasteiger partial charge in [0.2, 0.25) is 5.95 Å². The van der Waals surface area contributed by atoms with Crippen molar-refractivity contribution >= 4 is 22.7 Å². The Morgan fingerprint density at radius 3 is 2.96 bits per heavy atom.